The second-order valence-electron chi connectivity index (χ2n) is 0.894. The molecule has 4 nitrogen and oxygen atoms in total. The first-order valence-electron chi connectivity index (χ1n) is 2.89. The van der Waals surface area contributed by atoms with Crippen LogP contribution >= 0.6 is 0 Å². The Hall–Kier alpha value is -1.33. The molecule has 0 amide bonds. The van der Waals surface area contributed by atoms with Crippen molar-refractivity contribution in [3.8, 4) is 24.3 Å². The Morgan fingerprint density at radius 3 is 0.538 bits per heavy atom. The van der Waals surface area contributed by atoms with Crippen LogP contribution in [0.15, 0.2) is 0 Å². The normalized spacial score (nSPS) is 2.46. The van der Waals surface area contributed by atoms with Gasteiger partial charge in [-0.2, -0.15) is 21.0 Å². The van der Waals surface area contributed by atoms with Crippen molar-refractivity contribution < 1.29 is 21.7 Å². The van der Waals surface area contributed by atoms with E-state index >= 15 is 0 Å². The van der Waals surface area contributed by atoms with E-state index in [-0.39, 0.29) is 21.7 Å². The molecule has 0 heterocycles. The molecule has 0 aromatic carbocycles. The average molecular weight is 212 g/mol. The van der Waals surface area contributed by atoms with Gasteiger partial charge in [0.1, 0.15) is 0 Å². The third kappa shape index (κ3) is 457. The van der Waals surface area contributed by atoms with Gasteiger partial charge in [0.25, 0.3) is 0 Å². The maximum atomic E-state index is 7.32. The Kier molecular flexibility index (Phi) is 321. The van der Waals surface area contributed by atoms with Crippen LogP contribution in [-0.4, -0.2) is 0 Å². The quantitative estimate of drug-likeness (QED) is 0.574. The van der Waals surface area contributed by atoms with Gasteiger partial charge >= 0.3 is 0 Å². The minimum atomic E-state index is 0. The minimum absolute atomic E-state index is 0. The van der Waals surface area contributed by atoms with Crippen molar-refractivity contribution in [3.63, 3.8) is 0 Å². The van der Waals surface area contributed by atoms with Crippen LogP contribution in [0.1, 0.15) is 27.7 Å². The molecule has 13 heavy (non-hydrogen) atoms. The van der Waals surface area contributed by atoms with Crippen molar-refractivity contribution in [2.45, 2.75) is 27.7 Å². The molecule has 0 radical (unpaired) electrons. The first-order chi connectivity index (χ1) is 5.66. The smallest absolute Gasteiger partial charge is 0.0587 e. The summed E-state index contributed by atoms with van der Waals surface area (Å²) in [6.07, 6.45) is 0. The van der Waals surface area contributed by atoms with E-state index in [1.807, 2.05) is 0 Å². The fourth-order valence-electron chi connectivity index (χ4n) is 0. The summed E-state index contributed by atoms with van der Waals surface area (Å²) in [4.78, 5) is 0. The van der Waals surface area contributed by atoms with Gasteiger partial charge in [-0.05, 0) is 0 Å². The topological polar surface area (TPSA) is 95.2 Å². The summed E-state index contributed by atoms with van der Waals surface area (Å²) in [5.74, 6) is 0. The van der Waals surface area contributed by atoms with Gasteiger partial charge in [-0.1, -0.05) is 0 Å². The Labute approximate surface area is 94.9 Å². The molecule has 0 N–H and O–H groups in total. The van der Waals surface area contributed by atoms with Gasteiger partial charge in [0, 0.05) is 49.4 Å². The number of hydrogen-bond acceptors (Lipinski definition) is 4. The van der Waals surface area contributed by atoms with Gasteiger partial charge < -0.3 is 0 Å². The molecule has 0 saturated carbocycles. The molecule has 0 aliphatic rings. The molecule has 0 unspecified atom stereocenters. The molecule has 0 aliphatic carbocycles. The zero-order chi connectivity index (χ0) is 10.8. The van der Waals surface area contributed by atoms with Crippen molar-refractivity contribution in [2.75, 3.05) is 0 Å². The third-order valence-electron chi connectivity index (χ3n) is 0. The van der Waals surface area contributed by atoms with Gasteiger partial charge in [0.05, 0.1) is 24.3 Å². The average Bonchev–Trinajstić information content (AvgIpc) is 1.92. The predicted octanol–water partition coefficient (Wildman–Crippen LogP) is 2.12. The Bertz CT molecular complexity index is 150. The SMILES string of the molecule is CC#N.CC#N.CC#N.CC#N.[Ti]. The number of nitriles is 4. The van der Waals surface area contributed by atoms with Crippen molar-refractivity contribution in [1.29, 1.82) is 21.0 Å². The van der Waals surface area contributed by atoms with E-state index in [0.717, 1.165) is 0 Å². The third-order valence-corrected chi connectivity index (χ3v) is 0. The van der Waals surface area contributed by atoms with Gasteiger partial charge in [-0.25, -0.2) is 0 Å². The molecule has 0 aromatic rings. The maximum absolute atomic E-state index is 7.32. The molecule has 0 spiro atoms. The van der Waals surface area contributed by atoms with Crippen LogP contribution in [0, 0.1) is 45.3 Å². The fourth-order valence-corrected chi connectivity index (χ4v) is 0. The van der Waals surface area contributed by atoms with Crippen LogP contribution in [0.2, 0.25) is 0 Å². The largest absolute Gasteiger partial charge is 0.199 e. The van der Waals surface area contributed by atoms with Gasteiger partial charge in [0.2, 0.25) is 0 Å². The number of hydrogen-bond donors (Lipinski definition) is 0. The van der Waals surface area contributed by atoms with E-state index in [1.54, 1.807) is 24.3 Å². The van der Waals surface area contributed by atoms with Gasteiger partial charge in [-0.3, -0.25) is 0 Å². The summed E-state index contributed by atoms with van der Waals surface area (Å²) >= 11 is 0. The molecular formula is C8H12N4Ti. The van der Waals surface area contributed by atoms with Crippen LogP contribution in [0.3, 0.4) is 0 Å². The summed E-state index contributed by atoms with van der Waals surface area (Å²) in [6, 6.07) is 7.00. The fraction of sp³-hybridized carbons (Fsp3) is 0.500. The minimum Gasteiger partial charge on any atom is -0.199 e. The Morgan fingerprint density at radius 1 is 0.538 bits per heavy atom. The maximum Gasteiger partial charge on any atom is 0.0587 e. The standard InChI is InChI=1S/4C2H3N.Ti/c4*1-2-3;/h4*1H3;. The van der Waals surface area contributed by atoms with E-state index in [1.165, 1.54) is 27.7 Å². The molecule has 0 atom stereocenters. The monoisotopic (exact) mass is 212 g/mol. The second kappa shape index (κ2) is 140. The molecule has 0 rings (SSSR count). The van der Waals surface area contributed by atoms with Crippen molar-refractivity contribution in [2.24, 2.45) is 0 Å². The van der Waals surface area contributed by atoms with Crippen LogP contribution in [0.4, 0.5) is 0 Å². The summed E-state index contributed by atoms with van der Waals surface area (Å²) in [7, 11) is 0. The van der Waals surface area contributed by atoms with E-state index in [4.69, 9.17) is 21.0 Å². The van der Waals surface area contributed by atoms with Crippen LogP contribution in [0.5, 0.6) is 0 Å². The van der Waals surface area contributed by atoms with Crippen molar-refractivity contribution >= 4 is 0 Å². The second-order valence-corrected chi connectivity index (χ2v) is 0.894. The summed E-state index contributed by atoms with van der Waals surface area (Å²) < 4.78 is 0. The Balaban J connectivity index is -0.0000000213. The van der Waals surface area contributed by atoms with Gasteiger partial charge in [0.15, 0.2) is 0 Å². The van der Waals surface area contributed by atoms with E-state index in [9.17, 15) is 0 Å². The van der Waals surface area contributed by atoms with E-state index in [2.05, 4.69) is 0 Å². The molecule has 68 valence electrons. The van der Waals surface area contributed by atoms with Crippen LogP contribution < -0.4 is 0 Å². The van der Waals surface area contributed by atoms with Crippen LogP contribution in [-0.2, 0) is 21.7 Å². The summed E-state index contributed by atoms with van der Waals surface area (Å²) in [5.41, 5.74) is 0. The van der Waals surface area contributed by atoms with E-state index in [0.29, 0.717) is 0 Å². The Morgan fingerprint density at radius 2 is 0.538 bits per heavy atom. The first kappa shape index (κ1) is 29.9. The molecule has 5 heteroatoms. The number of rotatable bonds is 0. The molecule has 0 aliphatic heterocycles. The zero-order valence-electron chi connectivity index (χ0n) is 8.29. The van der Waals surface area contributed by atoms with Crippen molar-refractivity contribution in [3.05, 3.63) is 0 Å². The molecule has 0 fully saturated rings. The summed E-state index contributed by atoms with van der Waals surface area (Å²) in [5, 5.41) is 29.3. The first-order valence-corrected chi connectivity index (χ1v) is 2.89. The van der Waals surface area contributed by atoms with E-state index < -0.39 is 0 Å². The van der Waals surface area contributed by atoms with Crippen molar-refractivity contribution in [1.82, 2.24) is 0 Å². The van der Waals surface area contributed by atoms with Gasteiger partial charge in [-0.15, -0.1) is 0 Å². The number of nitrogens with zero attached hydrogens (tertiary/aromatic N) is 4. The molecule has 0 aromatic heterocycles. The molecule has 0 bridgehead atoms. The van der Waals surface area contributed by atoms with Crippen LogP contribution in [0.25, 0.3) is 0 Å². The molecule has 0 saturated heterocycles. The zero-order valence-corrected chi connectivity index (χ0v) is 9.85. The summed E-state index contributed by atoms with van der Waals surface area (Å²) in [6.45, 7) is 5.72. The molecular weight excluding hydrogens is 200 g/mol. The predicted molar refractivity (Wildman–Crippen MR) is 45.1 cm³/mol.